The van der Waals surface area contributed by atoms with E-state index in [-0.39, 0.29) is 6.42 Å². The molecule has 2 aromatic rings. The average molecular weight is 394 g/mol. The lowest BCUT2D eigenvalue weighted by Crippen LogP contribution is -2.50. The first-order valence-electron chi connectivity index (χ1n) is 9.44. The molecule has 0 N–H and O–H groups in total. The lowest BCUT2D eigenvalue weighted by atomic mass is 9.90. The molecule has 4 aliphatic heterocycles. The van der Waals surface area contributed by atoms with Gasteiger partial charge in [-0.2, -0.15) is 0 Å². The summed E-state index contributed by atoms with van der Waals surface area (Å²) in [6.45, 7) is -8.14. The highest BCUT2D eigenvalue weighted by molar-refractivity contribution is 6.58. The maximum Gasteiger partial charge on any atom is 0.737 e. The highest BCUT2D eigenvalue weighted by Crippen LogP contribution is 2.47. The van der Waals surface area contributed by atoms with Crippen molar-refractivity contribution in [3.8, 4) is 11.1 Å². The quantitative estimate of drug-likeness (QED) is 0.411. The molecule has 0 amide bonds. The zero-order valence-electron chi connectivity index (χ0n) is 14.9. The van der Waals surface area contributed by atoms with Crippen molar-refractivity contribution >= 4 is 38.5 Å². The van der Waals surface area contributed by atoms with E-state index in [4.69, 9.17) is 0 Å². The van der Waals surface area contributed by atoms with E-state index >= 15 is 17.3 Å². The van der Waals surface area contributed by atoms with E-state index in [1.54, 1.807) is 48.6 Å². The molecule has 29 heavy (non-hydrogen) atoms. The minimum Gasteiger partial charge on any atom is -0.393 e. The molecule has 0 bridgehead atoms. The number of aromatic nitrogens is 2. The van der Waals surface area contributed by atoms with Gasteiger partial charge < -0.3 is 35.2 Å². The first-order chi connectivity index (χ1) is 13.9. The lowest BCUT2D eigenvalue weighted by molar-refractivity contribution is -0.356. The number of rotatable bonds is 0. The zero-order valence-corrected chi connectivity index (χ0v) is 14.9. The Morgan fingerprint density at radius 1 is 0.724 bits per heavy atom. The Morgan fingerprint density at radius 3 is 1.62 bits per heavy atom. The standard InChI is InChI=1S/C19H12B2F4N4/c22-20(23)26-5-1-3-12(26)7-14-9-16-17-10-15-8-13-4-2-6-27(13)21(24,25)29(15)19(17)11-18(16)28(14)20/h1-10H,11H2. The molecule has 5 aliphatic rings. The molecule has 0 fully saturated rings. The van der Waals surface area contributed by atoms with Gasteiger partial charge in [-0.3, -0.25) is 0 Å². The largest absolute Gasteiger partial charge is 0.737 e. The van der Waals surface area contributed by atoms with Gasteiger partial charge in [0.15, 0.2) is 11.4 Å². The van der Waals surface area contributed by atoms with Crippen LogP contribution in [0.25, 0.3) is 23.3 Å². The van der Waals surface area contributed by atoms with Gasteiger partial charge in [0, 0.05) is 76.8 Å². The molecule has 1 aliphatic carbocycles. The predicted octanol–water partition coefficient (Wildman–Crippen LogP) is 3.32. The maximum atomic E-state index is 15.3. The van der Waals surface area contributed by atoms with Gasteiger partial charge in [0.05, 0.1) is 0 Å². The number of allylic oxidation sites excluding steroid dienone is 4. The number of hydrogen-bond acceptors (Lipinski definition) is 0. The molecule has 0 atom stereocenters. The summed E-state index contributed by atoms with van der Waals surface area (Å²) in [5.41, 5.74) is 3.73. The summed E-state index contributed by atoms with van der Waals surface area (Å²) in [7, 11) is 0. The molecule has 142 valence electrons. The van der Waals surface area contributed by atoms with Gasteiger partial charge in [-0.25, -0.2) is 0 Å². The Morgan fingerprint density at radius 2 is 1.17 bits per heavy atom. The second-order valence-corrected chi connectivity index (χ2v) is 7.92. The van der Waals surface area contributed by atoms with Gasteiger partial charge in [-0.05, 0) is 12.1 Å². The van der Waals surface area contributed by atoms with Crippen LogP contribution in [0.15, 0.2) is 47.8 Å². The third-order valence-electron chi connectivity index (χ3n) is 6.48. The second-order valence-electron chi connectivity index (χ2n) is 7.92. The molecule has 4 nitrogen and oxygen atoms in total. The summed E-state index contributed by atoms with van der Waals surface area (Å²) >= 11 is 0. The van der Waals surface area contributed by atoms with Gasteiger partial charge >= 0.3 is 13.9 Å². The summed E-state index contributed by atoms with van der Waals surface area (Å²) in [6.07, 6.45) is 12.7. The van der Waals surface area contributed by atoms with Crippen molar-refractivity contribution in [1.29, 1.82) is 0 Å². The molecule has 0 unspecified atom stereocenters. The topological polar surface area (TPSA) is 15.9 Å². The molecule has 0 radical (unpaired) electrons. The number of hydrogen-bond donors (Lipinski definition) is 0. The van der Waals surface area contributed by atoms with Crippen molar-refractivity contribution in [2.24, 2.45) is 0 Å². The van der Waals surface area contributed by atoms with Gasteiger partial charge in [0.1, 0.15) is 12.4 Å². The van der Waals surface area contributed by atoms with Crippen molar-refractivity contribution < 1.29 is 26.2 Å². The van der Waals surface area contributed by atoms with Gasteiger partial charge in [-0.15, -0.1) is 0 Å². The van der Waals surface area contributed by atoms with Crippen LogP contribution in [0.3, 0.4) is 0 Å². The van der Waals surface area contributed by atoms with Crippen molar-refractivity contribution in [2.75, 3.05) is 0 Å². The van der Waals surface area contributed by atoms with E-state index < -0.39 is 13.9 Å². The van der Waals surface area contributed by atoms with E-state index in [9.17, 15) is 0 Å². The zero-order chi connectivity index (χ0) is 19.7. The lowest BCUT2D eigenvalue weighted by Gasteiger charge is -2.31. The highest BCUT2D eigenvalue weighted by atomic mass is 19.3. The summed E-state index contributed by atoms with van der Waals surface area (Å²) in [6, 6.07) is 3.40. The Hall–Kier alpha value is -3.29. The van der Waals surface area contributed by atoms with Crippen LogP contribution < -0.4 is 0 Å². The fraction of sp³-hybridized carbons (Fsp3) is 0.0526. The van der Waals surface area contributed by atoms with Crippen LogP contribution in [0, 0.1) is 0 Å². The molecule has 7 rings (SSSR count). The van der Waals surface area contributed by atoms with Crippen LogP contribution in [-0.2, 0) is 6.42 Å². The Balaban J connectivity index is 1.47. The second kappa shape index (κ2) is 4.48. The van der Waals surface area contributed by atoms with Crippen LogP contribution in [-0.4, -0.2) is 44.3 Å². The van der Waals surface area contributed by atoms with Gasteiger partial charge in [-0.1, -0.05) is 0 Å². The number of fused-ring (bicyclic) bond motifs is 9. The fourth-order valence-electron chi connectivity index (χ4n) is 5.29. The number of halogens is 4. The number of nitrogens with zero attached hydrogens (tertiary/aromatic N) is 4. The van der Waals surface area contributed by atoms with E-state index in [0.29, 0.717) is 45.3 Å². The smallest absolute Gasteiger partial charge is 0.393 e. The summed E-state index contributed by atoms with van der Waals surface area (Å²) in [5, 5.41) is 0. The van der Waals surface area contributed by atoms with E-state index in [1.807, 2.05) is 0 Å². The summed E-state index contributed by atoms with van der Waals surface area (Å²) < 4.78 is 65.2. The molecular weight excluding hydrogens is 382 g/mol. The molecule has 0 saturated carbocycles. The van der Waals surface area contributed by atoms with Crippen LogP contribution in [0.2, 0.25) is 0 Å². The van der Waals surface area contributed by atoms with E-state index in [2.05, 4.69) is 0 Å². The maximum absolute atomic E-state index is 15.3. The third-order valence-corrected chi connectivity index (χ3v) is 6.48. The van der Waals surface area contributed by atoms with Gasteiger partial charge in [0.25, 0.3) is 0 Å². The van der Waals surface area contributed by atoms with Crippen LogP contribution >= 0.6 is 0 Å². The summed E-state index contributed by atoms with van der Waals surface area (Å²) in [4.78, 5) is 0. The normalized spacial score (nSPS) is 22.8. The predicted molar refractivity (Wildman–Crippen MR) is 104 cm³/mol. The van der Waals surface area contributed by atoms with Crippen molar-refractivity contribution in [1.82, 2.24) is 8.96 Å². The molecule has 2 aromatic heterocycles. The highest BCUT2D eigenvalue weighted by Gasteiger charge is 2.54. The Labute approximate surface area is 162 Å². The fourth-order valence-corrected chi connectivity index (χ4v) is 5.29. The van der Waals surface area contributed by atoms with Crippen LogP contribution in [0.5, 0.6) is 0 Å². The minimum atomic E-state index is -4.07. The van der Waals surface area contributed by atoms with Crippen molar-refractivity contribution in [2.45, 2.75) is 6.42 Å². The van der Waals surface area contributed by atoms with E-state index in [0.717, 1.165) is 17.9 Å². The van der Waals surface area contributed by atoms with Crippen molar-refractivity contribution in [3.63, 3.8) is 0 Å². The van der Waals surface area contributed by atoms with E-state index in [1.165, 1.54) is 12.4 Å². The molecule has 0 aromatic carbocycles. The monoisotopic (exact) mass is 394 g/mol. The molecule has 6 heterocycles. The Bertz CT molecular complexity index is 1280. The van der Waals surface area contributed by atoms with Crippen molar-refractivity contribution in [3.05, 3.63) is 70.6 Å². The summed E-state index contributed by atoms with van der Waals surface area (Å²) in [5.74, 6) is 0. The first kappa shape index (κ1) is 15.6. The SMILES string of the molecule is F[B-]1(F)n2c(cc3c2Cc2c-3cc3n2[B-](F)(F)[N+]2=CC=CC2=C3)C=C2C=CC=[N+]21. The third kappa shape index (κ3) is 1.62. The minimum absolute atomic E-state index is 0.0498. The van der Waals surface area contributed by atoms with Crippen LogP contribution in [0.1, 0.15) is 22.8 Å². The van der Waals surface area contributed by atoms with Crippen LogP contribution in [0.4, 0.5) is 17.3 Å². The molecule has 0 spiro atoms. The first-order valence-corrected chi connectivity index (χ1v) is 9.44. The average Bonchev–Trinajstić information content (AvgIpc) is 3.40. The molecule has 10 heteroatoms. The molecule has 0 saturated heterocycles. The Kier molecular flexibility index (Phi) is 2.41. The van der Waals surface area contributed by atoms with Gasteiger partial charge in [0.2, 0.25) is 0 Å². The molecular formula is C19H12B2F4N4.